The number of thiazole rings is 1. The van der Waals surface area contributed by atoms with Gasteiger partial charge in [-0.2, -0.15) is 0 Å². The van der Waals surface area contributed by atoms with E-state index in [4.69, 9.17) is 5.73 Å². The van der Waals surface area contributed by atoms with Gasteiger partial charge in [0.15, 0.2) is 16.6 Å². The number of nitrogens with zero attached hydrogens (tertiary/aromatic N) is 1. The summed E-state index contributed by atoms with van der Waals surface area (Å²) in [5.74, 6) is -0.925. The van der Waals surface area contributed by atoms with Crippen molar-refractivity contribution < 1.29 is 19.1 Å². The number of nitrogens with two attached hydrogens (primary N) is 1. The first-order chi connectivity index (χ1) is 8.95. The maximum Gasteiger partial charge on any atom is 0.358 e. The number of aromatic nitrogens is 1. The quantitative estimate of drug-likeness (QED) is 0.390. The topological polar surface area (TPSA) is 123 Å². The second-order valence-corrected chi connectivity index (χ2v) is 4.46. The highest BCUT2D eigenvalue weighted by Crippen LogP contribution is 2.23. The van der Waals surface area contributed by atoms with E-state index < -0.39 is 12.0 Å². The number of ether oxygens (including phenoxy) is 1. The number of nitrogens with one attached hydrogen (secondary N) is 2. The Morgan fingerprint density at radius 2 is 2.05 bits per heavy atom. The Labute approximate surface area is 113 Å². The summed E-state index contributed by atoms with van der Waals surface area (Å²) in [6.07, 6.45) is 0. The van der Waals surface area contributed by atoms with Crippen LogP contribution in [0.5, 0.6) is 0 Å². The van der Waals surface area contributed by atoms with Crippen molar-refractivity contribution in [3.05, 3.63) is 10.6 Å². The van der Waals surface area contributed by atoms with Crippen molar-refractivity contribution in [2.45, 2.75) is 6.92 Å². The molecule has 0 aliphatic carbocycles. The summed E-state index contributed by atoms with van der Waals surface area (Å²) in [6.45, 7) is 2.02. The molecule has 0 bridgehead atoms. The Morgan fingerprint density at radius 3 is 2.58 bits per heavy atom. The van der Waals surface area contributed by atoms with Gasteiger partial charge >= 0.3 is 12.0 Å². The fourth-order valence-corrected chi connectivity index (χ4v) is 2.10. The predicted molar refractivity (Wildman–Crippen MR) is 69.5 cm³/mol. The van der Waals surface area contributed by atoms with E-state index in [1.165, 1.54) is 14.0 Å². The number of ketones is 1. The minimum absolute atomic E-state index is 0.00893. The van der Waals surface area contributed by atoms with Gasteiger partial charge in [0.1, 0.15) is 4.88 Å². The van der Waals surface area contributed by atoms with E-state index in [1.807, 2.05) is 0 Å². The molecule has 0 saturated heterocycles. The third-order valence-corrected chi connectivity index (χ3v) is 3.14. The number of esters is 1. The molecule has 8 nitrogen and oxygen atoms in total. The number of carbonyl (C=O) groups is 3. The summed E-state index contributed by atoms with van der Waals surface area (Å²) in [6, 6.07) is -0.624. The molecular formula is C10H14N4O4S. The third kappa shape index (κ3) is 4.21. The van der Waals surface area contributed by atoms with E-state index in [9.17, 15) is 14.4 Å². The van der Waals surface area contributed by atoms with Crippen LogP contribution in [0.4, 0.5) is 9.93 Å². The molecule has 0 unspecified atom stereocenters. The van der Waals surface area contributed by atoms with Gasteiger partial charge in [0.05, 0.1) is 7.11 Å². The van der Waals surface area contributed by atoms with Crippen LogP contribution >= 0.6 is 11.3 Å². The Kier molecular flexibility index (Phi) is 5.24. The molecule has 0 saturated carbocycles. The number of anilines is 1. The summed E-state index contributed by atoms with van der Waals surface area (Å²) >= 11 is 1.05. The van der Waals surface area contributed by atoms with E-state index in [0.717, 1.165) is 11.3 Å². The third-order valence-electron chi connectivity index (χ3n) is 2.03. The minimum Gasteiger partial charge on any atom is -0.464 e. The van der Waals surface area contributed by atoms with Crippen molar-refractivity contribution in [3.63, 3.8) is 0 Å². The van der Waals surface area contributed by atoms with Gasteiger partial charge in [-0.25, -0.2) is 14.6 Å². The maximum atomic E-state index is 11.4. The molecule has 104 valence electrons. The molecule has 0 spiro atoms. The lowest BCUT2D eigenvalue weighted by atomic mass is 10.3. The maximum absolute atomic E-state index is 11.4. The number of urea groups is 1. The van der Waals surface area contributed by atoms with Gasteiger partial charge in [0.2, 0.25) is 0 Å². The van der Waals surface area contributed by atoms with Crippen molar-refractivity contribution in [3.8, 4) is 0 Å². The van der Waals surface area contributed by atoms with Crippen LogP contribution in [0, 0.1) is 0 Å². The van der Waals surface area contributed by atoms with Gasteiger partial charge < -0.3 is 21.1 Å². The number of rotatable bonds is 6. The van der Waals surface area contributed by atoms with Crippen molar-refractivity contribution in [1.82, 2.24) is 10.3 Å². The van der Waals surface area contributed by atoms with Crippen LogP contribution in [0.1, 0.15) is 27.1 Å². The van der Waals surface area contributed by atoms with E-state index >= 15 is 0 Å². The molecule has 0 aromatic carbocycles. The van der Waals surface area contributed by atoms with Gasteiger partial charge in [0.25, 0.3) is 0 Å². The molecular weight excluding hydrogens is 272 g/mol. The molecule has 4 N–H and O–H groups in total. The number of methoxy groups -OCH3 is 1. The Hall–Kier alpha value is -2.16. The van der Waals surface area contributed by atoms with Crippen LogP contribution in [0.2, 0.25) is 0 Å². The largest absolute Gasteiger partial charge is 0.464 e. The molecule has 1 aromatic heterocycles. The first kappa shape index (κ1) is 14.9. The van der Waals surface area contributed by atoms with Gasteiger partial charge in [-0.3, -0.25) is 4.79 Å². The summed E-state index contributed by atoms with van der Waals surface area (Å²) in [4.78, 5) is 37.5. The number of primary amides is 1. The number of hydrogen-bond donors (Lipinski definition) is 3. The van der Waals surface area contributed by atoms with Crippen LogP contribution in [0.15, 0.2) is 0 Å². The molecule has 0 atom stereocenters. The van der Waals surface area contributed by atoms with Crippen LogP contribution in [-0.2, 0) is 4.74 Å². The molecule has 0 aliphatic rings. The smallest absolute Gasteiger partial charge is 0.358 e. The fraction of sp³-hybridized carbons (Fsp3) is 0.400. The molecule has 1 aromatic rings. The van der Waals surface area contributed by atoms with Crippen LogP contribution in [0.25, 0.3) is 0 Å². The molecule has 1 rings (SSSR count). The highest BCUT2D eigenvalue weighted by atomic mass is 32.1. The van der Waals surface area contributed by atoms with Gasteiger partial charge in [-0.1, -0.05) is 11.3 Å². The van der Waals surface area contributed by atoms with Crippen LogP contribution < -0.4 is 16.4 Å². The number of amides is 2. The Balaban J connectivity index is 2.72. The molecule has 0 fully saturated rings. The predicted octanol–water partition coefficient (Wildman–Crippen LogP) is 0.212. The Bertz CT molecular complexity index is 500. The van der Waals surface area contributed by atoms with E-state index in [0.29, 0.717) is 18.2 Å². The van der Waals surface area contributed by atoms with Crippen molar-refractivity contribution >= 4 is 34.3 Å². The average Bonchev–Trinajstić information content (AvgIpc) is 2.77. The number of Topliss-reactive ketones (excluding diaryl/α,β-unsaturated/α-hetero) is 1. The average molecular weight is 286 g/mol. The zero-order chi connectivity index (χ0) is 14.4. The monoisotopic (exact) mass is 286 g/mol. The minimum atomic E-state index is -0.662. The number of carbonyl (C=O) groups excluding carboxylic acids is 3. The summed E-state index contributed by atoms with van der Waals surface area (Å²) in [5.41, 5.74) is 4.89. The second kappa shape index (κ2) is 6.69. The lowest BCUT2D eigenvalue weighted by Crippen LogP contribution is -2.33. The highest BCUT2D eigenvalue weighted by Gasteiger charge is 2.21. The van der Waals surface area contributed by atoms with Gasteiger partial charge in [-0.15, -0.1) is 0 Å². The van der Waals surface area contributed by atoms with E-state index in [1.54, 1.807) is 0 Å². The van der Waals surface area contributed by atoms with Crippen LogP contribution in [-0.4, -0.2) is 43.0 Å². The first-order valence-corrected chi connectivity index (χ1v) is 6.14. The summed E-state index contributed by atoms with van der Waals surface area (Å²) < 4.78 is 4.55. The summed E-state index contributed by atoms with van der Waals surface area (Å²) in [7, 11) is 1.22. The second-order valence-electron chi connectivity index (χ2n) is 3.46. The first-order valence-electron chi connectivity index (χ1n) is 5.33. The molecule has 0 aliphatic heterocycles. The van der Waals surface area contributed by atoms with E-state index in [-0.39, 0.29) is 16.4 Å². The number of hydrogen-bond acceptors (Lipinski definition) is 7. The summed E-state index contributed by atoms with van der Waals surface area (Å²) in [5, 5.41) is 5.66. The lowest BCUT2D eigenvalue weighted by molar-refractivity contribution is 0.0591. The highest BCUT2D eigenvalue weighted by molar-refractivity contribution is 7.17. The van der Waals surface area contributed by atoms with Crippen molar-refractivity contribution in [1.29, 1.82) is 0 Å². The van der Waals surface area contributed by atoms with Crippen molar-refractivity contribution in [2.24, 2.45) is 5.73 Å². The molecule has 2 amide bonds. The molecule has 19 heavy (non-hydrogen) atoms. The Morgan fingerprint density at radius 1 is 1.37 bits per heavy atom. The van der Waals surface area contributed by atoms with Crippen molar-refractivity contribution in [2.75, 3.05) is 25.5 Å². The zero-order valence-corrected chi connectivity index (χ0v) is 11.3. The molecule has 9 heteroatoms. The molecule has 1 heterocycles. The van der Waals surface area contributed by atoms with Crippen LogP contribution in [0.3, 0.4) is 0 Å². The van der Waals surface area contributed by atoms with E-state index in [2.05, 4.69) is 20.4 Å². The van der Waals surface area contributed by atoms with Gasteiger partial charge in [-0.05, 0) is 0 Å². The lowest BCUT2D eigenvalue weighted by Gasteiger charge is -2.02. The standard InChI is InChI=1S/C10H14N4O4S/c1-5(15)7-6(8(16)18-2)14-10(19-7)13-4-3-12-9(11)17/h3-4H2,1-2H3,(H,13,14)(H3,11,12,17). The normalized spacial score (nSPS) is 9.79. The molecule has 0 radical (unpaired) electrons. The fourth-order valence-electron chi connectivity index (χ4n) is 1.22. The van der Waals surface area contributed by atoms with Gasteiger partial charge in [0, 0.05) is 20.0 Å². The zero-order valence-electron chi connectivity index (χ0n) is 10.5. The SMILES string of the molecule is COC(=O)c1nc(NCCNC(N)=O)sc1C(C)=O.